The maximum Gasteiger partial charge on any atom is 0.355 e. The fraction of sp³-hybridized carbons (Fsp3) is 0.281. The van der Waals surface area contributed by atoms with Crippen LogP contribution in [0.3, 0.4) is 0 Å². The van der Waals surface area contributed by atoms with E-state index in [1.54, 1.807) is 12.1 Å². The Morgan fingerprint density at radius 3 is 2.67 bits per heavy atom. The predicted molar refractivity (Wildman–Crippen MR) is 166 cm³/mol. The first kappa shape index (κ1) is 25.3. The maximum absolute atomic E-state index is 14.2. The quantitative estimate of drug-likeness (QED) is 0.253. The highest BCUT2D eigenvalue weighted by Gasteiger charge is 2.31. The molecule has 1 atom stereocenters. The Labute approximate surface area is 253 Å². The summed E-state index contributed by atoms with van der Waals surface area (Å²) in [5.41, 5.74) is 1.55. The molecule has 1 aliphatic heterocycles. The summed E-state index contributed by atoms with van der Waals surface area (Å²) >= 11 is 6.90. The molecule has 4 heterocycles. The molecule has 5 rings (SSSR count). The van der Waals surface area contributed by atoms with E-state index in [9.17, 15) is 14.0 Å². The number of rotatable bonds is 6. The Balaban J connectivity index is 1.85. The number of hydrogen-bond acceptors (Lipinski definition) is 6. The van der Waals surface area contributed by atoms with Crippen molar-refractivity contribution in [2.75, 3.05) is 24.5 Å². The number of piperazine rings is 1. The fourth-order valence-electron chi connectivity index (χ4n) is 5.36. The molecule has 42 heavy (non-hydrogen) atoms. The van der Waals surface area contributed by atoms with Gasteiger partial charge < -0.3 is 9.80 Å². The number of halogens is 2. The van der Waals surface area contributed by atoms with Crippen molar-refractivity contribution in [3.8, 4) is 16.9 Å². The van der Waals surface area contributed by atoms with Crippen molar-refractivity contribution in [1.82, 2.24) is 24.4 Å². The van der Waals surface area contributed by atoms with Crippen LogP contribution in [0.4, 0.5) is 10.2 Å². The highest BCUT2D eigenvalue weighted by Crippen LogP contribution is 2.36. The van der Waals surface area contributed by atoms with Crippen LogP contribution in [-0.2, 0) is 4.79 Å². The number of benzene rings is 1. The Kier molecular flexibility index (Phi) is 6.93. The van der Waals surface area contributed by atoms with Gasteiger partial charge in [-0.25, -0.2) is 18.7 Å². The molecule has 0 radical (unpaired) electrons. The van der Waals surface area contributed by atoms with Gasteiger partial charge in [0.25, 0.3) is 5.91 Å². The largest absolute Gasteiger partial charge is 0.355 e. The first-order valence-electron chi connectivity index (χ1n) is 15.0. The van der Waals surface area contributed by atoms with Gasteiger partial charge in [0.05, 0.1) is 27.5 Å². The van der Waals surface area contributed by atoms with Gasteiger partial charge in [-0.05, 0) is 43.0 Å². The number of pyridine rings is 2. The zero-order valence-electron chi connectivity index (χ0n) is 26.6. The van der Waals surface area contributed by atoms with Crippen molar-refractivity contribution >= 4 is 40.4 Å². The summed E-state index contributed by atoms with van der Waals surface area (Å²) in [6.45, 7) is 10.5. The Hall–Kier alpha value is -4.37. The van der Waals surface area contributed by atoms with Crippen LogP contribution in [0.5, 0.6) is 0 Å². The van der Waals surface area contributed by atoms with Gasteiger partial charge >= 0.3 is 5.69 Å². The number of amides is 1. The van der Waals surface area contributed by atoms with Gasteiger partial charge in [-0.15, -0.1) is 0 Å². The zero-order valence-corrected chi connectivity index (χ0v) is 24.3. The van der Waals surface area contributed by atoms with Crippen molar-refractivity contribution in [1.29, 1.82) is 0 Å². The molecule has 10 heteroatoms. The number of aryl methyl sites for hydroxylation is 1. The molecular formula is C32H32ClFN6O2. The third-order valence-corrected chi connectivity index (χ3v) is 7.67. The van der Waals surface area contributed by atoms with Crippen LogP contribution in [0, 0.1) is 6.85 Å². The lowest BCUT2D eigenvalue weighted by Gasteiger charge is -2.40. The summed E-state index contributed by atoms with van der Waals surface area (Å²) in [7, 11) is 0. The molecule has 0 N–H and O–H groups in total. The van der Waals surface area contributed by atoms with E-state index >= 15 is 0 Å². The van der Waals surface area contributed by atoms with Crippen LogP contribution < -0.4 is 10.6 Å². The van der Waals surface area contributed by atoms with E-state index in [1.807, 2.05) is 49.9 Å². The second-order valence-corrected chi connectivity index (χ2v) is 10.9. The Morgan fingerprint density at radius 2 is 2.00 bits per heavy atom. The minimum Gasteiger partial charge on any atom is -0.350 e. The lowest BCUT2D eigenvalue weighted by atomic mass is 10.0. The lowest BCUT2D eigenvalue weighted by Crippen LogP contribution is -2.54. The summed E-state index contributed by atoms with van der Waals surface area (Å²) < 4.78 is 39.8. The Bertz CT molecular complexity index is 1910. The molecule has 0 aliphatic carbocycles. The van der Waals surface area contributed by atoms with Gasteiger partial charge in [-0.2, -0.15) is 4.98 Å². The van der Waals surface area contributed by atoms with Crippen molar-refractivity contribution < 1.29 is 13.3 Å². The van der Waals surface area contributed by atoms with Crippen LogP contribution in [0.1, 0.15) is 47.6 Å². The topological polar surface area (TPSA) is 84.2 Å². The lowest BCUT2D eigenvalue weighted by molar-refractivity contribution is -0.129. The van der Waals surface area contributed by atoms with E-state index in [0.29, 0.717) is 22.3 Å². The van der Waals surface area contributed by atoms with E-state index in [1.165, 1.54) is 21.7 Å². The summed E-state index contributed by atoms with van der Waals surface area (Å²) in [5, 5.41) is 0.655. The van der Waals surface area contributed by atoms with Gasteiger partial charge in [0.1, 0.15) is 5.82 Å². The molecule has 0 spiro atoms. The second kappa shape index (κ2) is 11.5. The average Bonchev–Trinajstić information content (AvgIpc) is 2.99. The summed E-state index contributed by atoms with van der Waals surface area (Å²) in [4.78, 5) is 43.6. The van der Waals surface area contributed by atoms with Crippen LogP contribution in [-0.4, -0.2) is 56.0 Å². The van der Waals surface area contributed by atoms with Crippen molar-refractivity contribution in [3.63, 3.8) is 0 Å². The standard InChI is InChI=1S/C32H32ClFN6O2/c1-7-22-10-8-9-11-23(22)27-25(33)16-24-29(39-15-14-38(17-20(39)5)31(41)21(6)34)37-32(42)40(30(24)36-27)28-19(4)12-13-35-26(28)18(2)3/h7-13,16,18,20H,1,6,14-15,17H2,2-5H3/t20-/m0/s1/i4D3. The molecule has 1 aromatic carbocycles. The van der Waals surface area contributed by atoms with Crippen molar-refractivity contribution in [2.45, 2.75) is 39.6 Å². The molecule has 0 unspecified atom stereocenters. The van der Waals surface area contributed by atoms with Crippen LogP contribution >= 0.6 is 11.6 Å². The minimum atomic E-state index is -2.59. The highest BCUT2D eigenvalue weighted by molar-refractivity contribution is 6.34. The molecule has 1 fully saturated rings. The van der Waals surface area contributed by atoms with Gasteiger partial charge in [0, 0.05) is 41.5 Å². The molecule has 0 saturated carbocycles. The van der Waals surface area contributed by atoms with Crippen molar-refractivity contribution in [2.24, 2.45) is 0 Å². The van der Waals surface area contributed by atoms with Gasteiger partial charge in [0.15, 0.2) is 11.5 Å². The van der Waals surface area contributed by atoms with Crippen molar-refractivity contribution in [3.05, 3.63) is 93.9 Å². The average molecular weight is 590 g/mol. The molecule has 1 saturated heterocycles. The SMILES string of the molecule is [2H]C([2H])([2H])c1ccnc(C(C)C)c1-n1c(=O)nc(N2CCN(C(=O)C(=C)F)C[C@@H]2C)c2cc(Cl)c(-c3ccccc3C=C)nc21. The van der Waals surface area contributed by atoms with Crippen LogP contribution in [0.25, 0.3) is 34.1 Å². The van der Waals surface area contributed by atoms with Crippen LogP contribution in [0.2, 0.25) is 5.02 Å². The number of hydrogen-bond donors (Lipinski definition) is 0. The summed E-state index contributed by atoms with van der Waals surface area (Å²) in [6.07, 6.45) is 3.09. The number of nitrogens with zero attached hydrogens (tertiary/aromatic N) is 6. The molecule has 4 aromatic rings. The Morgan fingerprint density at radius 1 is 1.24 bits per heavy atom. The minimum absolute atomic E-state index is 0.0733. The third kappa shape index (κ3) is 5.09. The molecule has 216 valence electrons. The van der Waals surface area contributed by atoms with E-state index in [0.717, 1.165) is 5.56 Å². The predicted octanol–water partition coefficient (Wildman–Crippen LogP) is 6.09. The molecule has 1 aliphatic rings. The van der Waals surface area contributed by atoms with E-state index < -0.39 is 24.3 Å². The van der Waals surface area contributed by atoms with Gasteiger partial charge in [-0.3, -0.25) is 9.78 Å². The third-order valence-electron chi connectivity index (χ3n) is 7.38. The molecular weight excluding hydrogens is 555 g/mol. The number of aromatic nitrogens is 4. The van der Waals surface area contributed by atoms with Gasteiger partial charge in [0.2, 0.25) is 0 Å². The maximum atomic E-state index is 14.2. The highest BCUT2D eigenvalue weighted by atomic mass is 35.5. The van der Waals surface area contributed by atoms with Gasteiger partial charge in [-0.1, -0.05) is 68.9 Å². The zero-order chi connectivity index (χ0) is 32.8. The van der Waals surface area contributed by atoms with E-state index in [2.05, 4.69) is 23.1 Å². The monoisotopic (exact) mass is 589 g/mol. The smallest absolute Gasteiger partial charge is 0.350 e. The molecule has 1 amide bonds. The van der Waals surface area contributed by atoms with Crippen LogP contribution in [0.15, 0.2) is 66.4 Å². The number of fused-ring (bicyclic) bond motifs is 1. The first-order valence-corrected chi connectivity index (χ1v) is 13.9. The molecule has 8 nitrogen and oxygen atoms in total. The second-order valence-electron chi connectivity index (χ2n) is 10.5. The number of carbonyl (C=O) groups is 1. The molecule has 0 bridgehead atoms. The fourth-order valence-corrected chi connectivity index (χ4v) is 5.61. The number of anilines is 1. The summed E-state index contributed by atoms with van der Waals surface area (Å²) in [6, 6.07) is 10.0. The normalized spacial score (nSPS) is 16.7. The van der Waals surface area contributed by atoms with E-state index in [4.69, 9.17) is 20.7 Å². The number of carbonyl (C=O) groups excluding carboxylic acids is 1. The first-order chi connectivity index (χ1) is 21.2. The summed E-state index contributed by atoms with van der Waals surface area (Å²) in [5.74, 6) is -1.84. The molecule has 3 aromatic heterocycles. The van der Waals surface area contributed by atoms with E-state index in [-0.39, 0.29) is 59.3 Å².